The number of rotatable bonds is 6. The van der Waals surface area contributed by atoms with Crippen LogP contribution in [0.3, 0.4) is 0 Å². The SMILES string of the molecule is COc1cccc(C(CNC(=O)Nc2ccnc(C)c2)N(C)C)c1. The number of nitrogens with zero attached hydrogens (tertiary/aromatic N) is 2. The van der Waals surface area contributed by atoms with Gasteiger partial charge in [0.1, 0.15) is 5.75 Å². The van der Waals surface area contributed by atoms with Gasteiger partial charge in [0.2, 0.25) is 0 Å². The van der Waals surface area contributed by atoms with Gasteiger partial charge in [0.25, 0.3) is 0 Å². The fourth-order valence-corrected chi connectivity index (χ4v) is 2.44. The third-order valence-electron chi connectivity index (χ3n) is 3.71. The van der Waals surface area contributed by atoms with Gasteiger partial charge in [-0.25, -0.2) is 4.79 Å². The normalized spacial score (nSPS) is 11.9. The third-order valence-corrected chi connectivity index (χ3v) is 3.71. The van der Waals surface area contributed by atoms with E-state index in [4.69, 9.17) is 4.74 Å². The number of hydrogen-bond donors (Lipinski definition) is 2. The standard InChI is InChI=1S/C18H24N4O2/c1-13-10-15(8-9-19-13)21-18(23)20-12-17(22(2)3)14-6-5-7-16(11-14)24-4/h5-11,17H,12H2,1-4H3,(H2,19,20,21,23). The number of aromatic nitrogens is 1. The average molecular weight is 328 g/mol. The van der Waals surface area contributed by atoms with Crippen molar-refractivity contribution >= 4 is 11.7 Å². The van der Waals surface area contributed by atoms with E-state index in [1.54, 1.807) is 19.4 Å². The van der Waals surface area contributed by atoms with E-state index in [2.05, 4.69) is 20.5 Å². The van der Waals surface area contributed by atoms with Crippen molar-refractivity contribution < 1.29 is 9.53 Å². The number of hydrogen-bond acceptors (Lipinski definition) is 4. The number of urea groups is 1. The van der Waals surface area contributed by atoms with Gasteiger partial charge in [0.05, 0.1) is 13.2 Å². The third kappa shape index (κ3) is 4.96. The van der Waals surface area contributed by atoms with E-state index >= 15 is 0 Å². The minimum Gasteiger partial charge on any atom is -0.497 e. The van der Waals surface area contributed by atoms with E-state index in [9.17, 15) is 4.79 Å². The molecule has 2 N–H and O–H groups in total. The van der Waals surface area contributed by atoms with Crippen LogP contribution in [0, 0.1) is 6.92 Å². The van der Waals surface area contributed by atoms with Crippen LogP contribution < -0.4 is 15.4 Å². The molecule has 1 aromatic carbocycles. The van der Waals surface area contributed by atoms with Crippen LogP contribution in [0.5, 0.6) is 5.75 Å². The topological polar surface area (TPSA) is 66.5 Å². The Morgan fingerprint density at radius 1 is 1.29 bits per heavy atom. The Kier molecular flexibility index (Phi) is 6.14. The van der Waals surface area contributed by atoms with E-state index in [1.165, 1.54) is 0 Å². The summed E-state index contributed by atoms with van der Waals surface area (Å²) in [5.41, 5.74) is 2.66. The van der Waals surface area contributed by atoms with E-state index in [0.29, 0.717) is 6.54 Å². The summed E-state index contributed by atoms with van der Waals surface area (Å²) in [7, 11) is 5.61. The summed E-state index contributed by atoms with van der Waals surface area (Å²) in [5, 5.41) is 5.73. The van der Waals surface area contributed by atoms with Gasteiger partial charge in [-0.1, -0.05) is 12.1 Å². The van der Waals surface area contributed by atoms with E-state index in [1.807, 2.05) is 51.4 Å². The van der Waals surface area contributed by atoms with Crippen LogP contribution in [0.4, 0.5) is 10.5 Å². The highest BCUT2D eigenvalue weighted by atomic mass is 16.5. The number of aryl methyl sites for hydroxylation is 1. The molecule has 1 unspecified atom stereocenters. The predicted octanol–water partition coefficient (Wildman–Crippen LogP) is 2.82. The minimum atomic E-state index is -0.240. The first-order chi connectivity index (χ1) is 11.5. The highest BCUT2D eigenvalue weighted by Gasteiger charge is 2.16. The Morgan fingerprint density at radius 3 is 2.75 bits per heavy atom. The Hall–Kier alpha value is -2.60. The second kappa shape index (κ2) is 8.31. The molecule has 24 heavy (non-hydrogen) atoms. The molecule has 2 aromatic rings. The molecule has 128 valence electrons. The zero-order valence-electron chi connectivity index (χ0n) is 14.5. The maximum atomic E-state index is 12.1. The van der Waals surface area contributed by atoms with Crippen molar-refractivity contribution in [3.05, 3.63) is 53.9 Å². The van der Waals surface area contributed by atoms with Gasteiger partial charge < -0.3 is 20.3 Å². The van der Waals surface area contributed by atoms with Crippen LogP contribution in [-0.4, -0.2) is 43.7 Å². The maximum Gasteiger partial charge on any atom is 0.319 e. The second-order valence-corrected chi connectivity index (χ2v) is 5.78. The highest BCUT2D eigenvalue weighted by Crippen LogP contribution is 2.22. The molecule has 0 spiro atoms. The van der Waals surface area contributed by atoms with Gasteiger partial charge in [-0.3, -0.25) is 4.98 Å². The molecule has 0 aliphatic rings. The summed E-state index contributed by atoms with van der Waals surface area (Å²) in [6.07, 6.45) is 1.67. The van der Waals surface area contributed by atoms with Crippen LogP contribution in [0.25, 0.3) is 0 Å². The lowest BCUT2D eigenvalue weighted by atomic mass is 10.1. The molecule has 1 aromatic heterocycles. The molecule has 1 heterocycles. The van der Waals surface area contributed by atoms with Crippen LogP contribution in [0.15, 0.2) is 42.6 Å². The number of likely N-dealkylation sites (N-methyl/N-ethyl adjacent to an activating group) is 1. The number of amides is 2. The van der Waals surface area contributed by atoms with Gasteiger partial charge in [-0.05, 0) is 50.8 Å². The van der Waals surface area contributed by atoms with Crippen molar-refractivity contribution in [1.29, 1.82) is 0 Å². The van der Waals surface area contributed by atoms with E-state index in [0.717, 1.165) is 22.7 Å². The number of methoxy groups -OCH3 is 1. The zero-order chi connectivity index (χ0) is 17.5. The highest BCUT2D eigenvalue weighted by molar-refractivity contribution is 5.89. The molecule has 0 radical (unpaired) electrons. The molecule has 1 atom stereocenters. The molecule has 2 rings (SSSR count). The van der Waals surface area contributed by atoms with Crippen LogP contribution >= 0.6 is 0 Å². The fourth-order valence-electron chi connectivity index (χ4n) is 2.44. The summed E-state index contributed by atoms with van der Waals surface area (Å²) < 4.78 is 5.28. The van der Waals surface area contributed by atoms with Crippen molar-refractivity contribution in [2.75, 3.05) is 33.1 Å². The Morgan fingerprint density at radius 2 is 2.08 bits per heavy atom. The monoisotopic (exact) mass is 328 g/mol. The van der Waals surface area contributed by atoms with Crippen LogP contribution in [0.2, 0.25) is 0 Å². The summed E-state index contributed by atoms with van der Waals surface area (Å²) in [6.45, 7) is 2.37. The maximum absolute atomic E-state index is 12.1. The number of anilines is 1. The second-order valence-electron chi connectivity index (χ2n) is 5.78. The summed E-state index contributed by atoms with van der Waals surface area (Å²) in [6, 6.07) is 11.3. The quantitative estimate of drug-likeness (QED) is 0.856. The van der Waals surface area contributed by atoms with Crippen molar-refractivity contribution in [3.8, 4) is 5.75 Å². The van der Waals surface area contributed by atoms with Gasteiger partial charge in [-0.2, -0.15) is 0 Å². The van der Waals surface area contributed by atoms with Crippen molar-refractivity contribution in [3.63, 3.8) is 0 Å². The minimum absolute atomic E-state index is 0.0463. The van der Waals surface area contributed by atoms with Gasteiger partial charge in [0.15, 0.2) is 0 Å². The molecule has 6 nitrogen and oxygen atoms in total. The molecule has 0 saturated carbocycles. The summed E-state index contributed by atoms with van der Waals surface area (Å²) in [4.78, 5) is 18.3. The first kappa shape index (κ1) is 17.7. The molecule has 0 fully saturated rings. The zero-order valence-corrected chi connectivity index (χ0v) is 14.5. The lowest BCUT2D eigenvalue weighted by molar-refractivity contribution is 0.243. The van der Waals surface area contributed by atoms with Gasteiger partial charge in [-0.15, -0.1) is 0 Å². The van der Waals surface area contributed by atoms with Crippen molar-refractivity contribution in [1.82, 2.24) is 15.2 Å². The number of carbonyl (C=O) groups is 1. The first-order valence-corrected chi connectivity index (χ1v) is 7.77. The molecule has 0 aliphatic heterocycles. The number of ether oxygens (including phenoxy) is 1. The first-order valence-electron chi connectivity index (χ1n) is 7.77. The van der Waals surface area contributed by atoms with Crippen LogP contribution in [0.1, 0.15) is 17.3 Å². The number of pyridine rings is 1. The van der Waals surface area contributed by atoms with E-state index in [-0.39, 0.29) is 12.1 Å². The molecular formula is C18H24N4O2. The van der Waals surface area contributed by atoms with Gasteiger partial charge >= 0.3 is 6.03 Å². The largest absolute Gasteiger partial charge is 0.497 e. The molecule has 2 amide bonds. The molecular weight excluding hydrogens is 304 g/mol. The Balaban J connectivity index is 1.99. The molecule has 0 aliphatic carbocycles. The predicted molar refractivity (Wildman–Crippen MR) is 95.4 cm³/mol. The molecule has 0 bridgehead atoms. The molecule has 6 heteroatoms. The lowest BCUT2D eigenvalue weighted by Crippen LogP contribution is -2.36. The number of benzene rings is 1. The smallest absolute Gasteiger partial charge is 0.319 e. The Labute approximate surface area is 142 Å². The van der Waals surface area contributed by atoms with Gasteiger partial charge in [0, 0.05) is 24.1 Å². The molecule has 0 saturated heterocycles. The Bertz CT molecular complexity index is 688. The van der Waals surface area contributed by atoms with Crippen molar-refractivity contribution in [2.45, 2.75) is 13.0 Å². The van der Waals surface area contributed by atoms with E-state index < -0.39 is 0 Å². The average Bonchev–Trinajstić information content (AvgIpc) is 2.55. The lowest BCUT2D eigenvalue weighted by Gasteiger charge is -2.25. The number of carbonyl (C=O) groups excluding carboxylic acids is 1. The van der Waals surface area contributed by atoms with Crippen molar-refractivity contribution in [2.24, 2.45) is 0 Å². The van der Waals surface area contributed by atoms with Crippen LogP contribution in [-0.2, 0) is 0 Å². The fraction of sp³-hybridized carbons (Fsp3) is 0.333. The summed E-state index contributed by atoms with van der Waals surface area (Å²) >= 11 is 0. The number of nitrogens with one attached hydrogen (secondary N) is 2. The summed E-state index contributed by atoms with van der Waals surface area (Å²) in [5.74, 6) is 0.802.